The zero-order chi connectivity index (χ0) is 47.0. The molecule has 17 nitrogen and oxygen atoms in total. The lowest BCUT2D eigenvalue weighted by Crippen LogP contribution is -2.68. The van der Waals surface area contributed by atoms with Gasteiger partial charge in [0.2, 0.25) is 0 Å². The topological polar surface area (TPSA) is 272 Å². The third kappa shape index (κ3) is 7.40. The summed E-state index contributed by atoms with van der Waals surface area (Å²) in [5.41, 5.74) is -0.893. The zero-order valence-corrected chi connectivity index (χ0v) is 38.7. The Morgan fingerprint density at radius 1 is 0.688 bits per heavy atom. The van der Waals surface area contributed by atoms with Crippen LogP contribution in [0.3, 0.4) is 0 Å². The smallest absolute Gasteiger partial charge is 0.335 e. The van der Waals surface area contributed by atoms with Crippen molar-refractivity contribution in [2.75, 3.05) is 6.61 Å². The Kier molecular flexibility index (Phi) is 12.6. The van der Waals surface area contributed by atoms with Crippen molar-refractivity contribution in [3.8, 4) is 0 Å². The van der Waals surface area contributed by atoms with E-state index in [4.69, 9.17) is 28.4 Å². The molecule has 0 unspecified atom stereocenters. The number of ether oxygens (including phenoxy) is 6. The molecule has 3 heterocycles. The zero-order valence-electron chi connectivity index (χ0n) is 38.7. The molecule has 3 aliphatic heterocycles. The van der Waals surface area contributed by atoms with Gasteiger partial charge in [0.1, 0.15) is 54.9 Å². The van der Waals surface area contributed by atoms with Crippen molar-refractivity contribution >= 4 is 11.8 Å². The molecular formula is C47H74O17. The molecule has 17 heteroatoms. The fourth-order valence-electron chi connectivity index (χ4n) is 14.6. The molecule has 23 atom stereocenters. The van der Waals surface area contributed by atoms with E-state index in [0.717, 1.165) is 38.5 Å². The van der Waals surface area contributed by atoms with E-state index in [1.54, 1.807) is 0 Å². The van der Waals surface area contributed by atoms with Crippen LogP contribution >= 0.6 is 0 Å². The van der Waals surface area contributed by atoms with Gasteiger partial charge in [0, 0.05) is 11.3 Å². The largest absolute Gasteiger partial charge is 0.479 e. The first-order chi connectivity index (χ1) is 29.6. The molecule has 0 spiro atoms. The van der Waals surface area contributed by atoms with Gasteiger partial charge < -0.3 is 74.4 Å². The number of hydrogen-bond acceptors (Lipinski definition) is 16. The highest BCUT2D eigenvalue weighted by atomic mass is 16.8. The summed E-state index contributed by atoms with van der Waals surface area (Å²) >= 11 is 0. The highest BCUT2D eigenvalue weighted by Gasteiger charge is 2.71. The second-order valence-electron chi connectivity index (χ2n) is 23.3. The molecule has 0 aromatic heterocycles. The van der Waals surface area contributed by atoms with Gasteiger partial charge >= 0.3 is 5.97 Å². The predicted molar refractivity (Wildman–Crippen MR) is 224 cm³/mol. The first-order valence-corrected chi connectivity index (χ1v) is 23.4. The molecule has 64 heavy (non-hydrogen) atoms. The summed E-state index contributed by atoms with van der Waals surface area (Å²) in [5, 5.41) is 97.3. The van der Waals surface area contributed by atoms with Crippen molar-refractivity contribution in [2.24, 2.45) is 50.2 Å². The number of rotatable bonds is 7. The van der Waals surface area contributed by atoms with Gasteiger partial charge in [0.15, 0.2) is 30.8 Å². The van der Waals surface area contributed by atoms with E-state index in [0.29, 0.717) is 12.8 Å². The standard InChI is InChI=1S/C47H74O17/c1-20-28(51)30(53)33(56)39(60-20)63-35-29(52)24(49)19-59-40(35)64-36-32(55)31(54)34(38(57)58)62-41(36)61-27-11-12-45(7)25(43(27,4)5)10-13-47(9)37(45)23(48)16-21-22-17-42(2,3)18-26(50)44(22,6)14-15-46(21,47)8/h16,20,22,24-37,39-41,49-56H,10-15,17-19H2,1-9H3,(H,57,58)/t20-,22+,24+,25-,26+,27+,28+,29+,30+,31-,32-,33-,34-,35-,36+,37-,39+,40-,41+,44-,45+,46-,47-/m1/s1. The lowest BCUT2D eigenvalue weighted by Gasteiger charge is -2.71. The fourth-order valence-corrected chi connectivity index (χ4v) is 14.6. The summed E-state index contributed by atoms with van der Waals surface area (Å²) < 4.78 is 36.0. The third-order valence-corrected chi connectivity index (χ3v) is 18.7. The van der Waals surface area contributed by atoms with Crippen molar-refractivity contribution in [3.63, 3.8) is 0 Å². The Hall–Kier alpha value is -1.68. The highest BCUT2D eigenvalue weighted by molar-refractivity contribution is 5.95. The fraction of sp³-hybridized carbons (Fsp3) is 0.915. The molecule has 0 bridgehead atoms. The molecule has 9 N–H and O–H groups in total. The number of ketones is 1. The summed E-state index contributed by atoms with van der Waals surface area (Å²) in [7, 11) is 0. The minimum absolute atomic E-state index is 0.0494. The maximum atomic E-state index is 15.0. The van der Waals surface area contributed by atoms with E-state index in [1.807, 2.05) is 6.08 Å². The van der Waals surface area contributed by atoms with Gasteiger partial charge in [-0.05, 0) is 103 Å². The number of aliphatic carboxylic acids is 1. The number of carbonyl (C=O) groups is 2. The number of carbonyl (C=O) groups excluding carboxylic acids is 1. The minimum Gasteiger partial charge on any atom is -0.479 e. The number of fused-ring (bicyclic) bond motifs is 7. The van der Waals surface area contributed by atoms with Crippen molar-refractivity contribution < 1.29 is 84.0 Å². The van der Waals surface area contributed by atoms with E-state index in [9.17, 15) is 55.5 Å². The third-order valence-electron chi connectivity index (χ3n) is 18.7. The van der Waals surface area contributed by atoms with Crippen LogP contribution in [0.5, 0.6) is 0 Å². The lowest BCUT2D eigenvalue weighted by atomic mass is 9.33. The number of carboxylic acids is 1. The maximum absolute atomic E-state index is 15.0. The van der Waals surface area contributed by atoms with E-state index >= 15 is 0 Å². The van der Waals surface area contributed by atoms with Crippen LogP contribution in [-0.2, 0) is 38.0 Å². The van der Waals surface area contributed by atoms with Crippen LogP contribution < -0.4 is 0 Å². The monoisotopic (exact) mass is 910 g/mol. The summed E-state index contributed by atoms with van der Waals surface area (Å²) in [4.78, 5) is 27.4. The highest BCUT2D eigenvalue weighted by Crippen LogP contribution is 2.75. The summed E-state index contributed by atoms with van der Waals surface area (Å²) in [6.07, 6.45) is -16.4. The Bertz CT molecular complexity index is 1820. The maximum Gasteiger partial charge on any atom is 0.335 e. The van der Waals surface area contributed by atoms with Crippen LogP contribution in [0.1, 0.15) is 114 Å². The van der Waals surface area contributed by atoms with Crippen molar-refractivity contribution in [3.05, 3.63) is 11.6 Å². The Labute approximate surface area is 375 Å². The average Bonchev–Trinajstić information content (AvgIpc) is 3.20. The quantitative estimate of drug-likeness (QED) is 0.164. The Morgan fingerprint density at radius 3 is 2.02 bits per heavy atom. The molecule has 0 amide bonds. The van der Waals surface area contributed by atoms with Crippen molar-refractivity contribution in [1.29, 1.82) is 0 Å². The van der Waals surface area contributed by atoms with Gasteiger partial charge in [-0.1, -0.05) is 61.0 Å². The van der Waals surface area contributed by atoms with Crippen LogP contribution in [0.15, 0.2) is 11.6 Å². The van der Waals surface area contributed by atoms with Crippen molar-refractivity contribution in [1.82, 2.24) is 0 Å². The molecule has 0 radical (unpaired) electrons. The summed E-state index contributed by atoms with van der Waals surface area (Å²) in [6.45, 7) is 18.7. The predicted octanol–water partition coefficient (Wildman–Crippen LogP) is 1.55. The second kappa shape index (κ2) is 16.5. The number of allylic oxidation sites excluding steroid dienone is 2. The van der Waals surface area contributed by atoms with Gasteiger partial charge in [-0.3, -0.25) is 4.79 Å². The normalized spacial score (nSPS) is 54.7. The number of carboxylic acid groups (broad SMARTS) is 1. The summed E-state index contributed by atoms with van der Waals surface area (Å²) in [6, 6.07) is 0. The van der Waals surface area contributed by atoms with Crippen molar-refractivity contribution in [2.45, 2.75) is 212 Å². The van der Waals surface area contributed by atoms with Gasteiger partial charge in [-0.2, -0.15) is 0 Å². The van der Waals surface area contributed by atoms with Crippen LogP contribution in [0, 0.1) is 50.2 Å². The average molecular weight is 911 g/mol. The second-order valence-corrected chi connectivity index (χ2v) is 23.3. The molecule has 0 aromatic rings. The van der Waals surface area contributed by atoms with Crippen LogP contribution in [0.4, 0.5) is 0 Å². The molecule has 5 aliphatic carbocycles. The number of aliphatic hydroxyl groups is 8. The Balaban J connectivity index is 1.06. The number of aliphatic hydroxyl groups excluding tert-OH is 8. The summed E-state index contributed by atoms with van der Waals surface area (Å²) in [5.74, 6) is -1.67. The minimum atomic E-state index is -2.00. The first kappa shape index (κ1) is 48.8. The van der Waals surface area contributed by atoms with Gasteiger partial charge in [0.25, 0.3) is 0 Å². The van der Waals surface area contributed by atoms with Crippen LogP contribution in [0.25, 0.3) is 0 Å². The molecular weight excluding hydrogens is 837 g/mol. The van der Waals surface area contributed by atoms with E-state index in [1.165, 1.54) is 12.5 Å². The molecule has 8 rings (SSSR count). The van der Waals surface area contributed by atoms with E-state index in [-0.39, 0.29) is 45.2 Å². The molecule has 0 aromatic carbocycles. The van der Waals surface area contributed by atoms with E-state index in [2.05, 4.69) is 55.4 Å². The molecule has 8 aliphatic rings. The van der Waals surface area contributed by atoms with Gasteiger partial charge in [0.05, 0.1) is 24.9 Å². The van der Waals surface area contributed by atoms with E-state index < -0.39 is 122 Å². The van der Waals surface area contributed by atoms with Gasteiger partial charge in [-0.15, -0.1) is 0 Å². The first-order valence-electron chi connectivity index (χ1n) is 23.4. The molecule has 4 saturated carbocycles. The molecule has 3 saturated heterocycles. The van der Waals surface area contributed by atoms with Crippen LogP contribution in [0.2, 0.25) is 0 Å². The number of hydrogen-bond donors (Lipinski definition) is 9. The molecule has 7 fully saturated rings. The Morgan fingerprint density at radius 2 is 1.34 bits per heavy atom. The SMILES string of the molecule is C[C@H]1O[C@@H](O[C@H]2[C@@H](O[C@@H]3[C@@H](O[C@H]4CC[C@@]5(C)[C@H](CC[C@]6(C)[C@@H]5C(=O)C=C5[C@@H]7CC(C)(C)C[C@H](O)[C@]7(C)CC[C@]56C)C4(C)C)O[C@@H](C(=O)O)[C@H](O)[C@H]3O)OC[C@H](O)[C@@H]2O)[C@H](O)[C@@H](O)[C@H]1O. The van der Waals surface area contributed by atoms with Crippen LogP contribution in [-0.4, -0.2) is 163 Å². The lowest BCUT2D eigenvalue weighted by molar-refractivity contribution is -0.386. The van der Waals surface area contributed by atoms with Gasteiger partial charge in [-0.25, -0.2) is 4.79 Å². The molecule has 364 valence electrons.